The van der Waals surface area contributed by atoms with E-state index in [1.807, 2.05) is 13.0 Å². The van der Waals surface area contributed by atoms with Crippen molar-refractivity contribution in [2.45, 2.75) is 32.6 Å². The number of halogens is 1. The van der Waals surface area contributed by atoms with Crippen molar-refractivity contribution in [2.75, 3.05) is 6.61 Å². The fourth-order valence-corrected chi connectivity index (χ4v) is 1.52. The summed E-state index contributed by atoms with van der Waals surface area (Å²) in [4.78, 5) is 0. The predicted octanol–water partition coefficient (Wildman–Crippen LogP) is 4.26. The predicted molar refractivity (Wildman–Crippen MR) is 65.3 cm³/mol. The minimum atomic E-state index is -0.212. The molecule has 0 heterocycles. The van der Waals surface area contributed by atoms with Crippen LogP contribution in [0.3, 0.4) is 0 Å². The second-order valence-corrected chi connectivity index (χ2v) is 3.90. The van der Waals surface area contributed by atoms with Gasteiger partial charge in [-0.1, -0.05) is 6.08 Å². The minimum Gasteiger partial charge on any atom is -0.493 e. The third-order valence-electron chi connectivity index (χ3n) is 2.45. The number of hydrogen-bond acceptors (Lipinski definition) is 1. The molecule has 0 bridgehead atoms. The lowest BCUT2D eigenvalue weighted by atomic mass is 10.2. The normalized spacial score (nSPS) is 10.1. The monoisotopic (exact) mass is 222 g/mol. The second-order valence-electron chi connectivity index (χ2n) is 3.90. The molecule has 0 amide bonds. The largest absolute Gasteiger partial charge is 0.493 e. The van der Waals surface area contributed by atoms with E-state index in [0.29, 0.717) is 6.61 Å². The van der Waals surface area contributed by atoms with Crippen molar-refractivity contribution in [3.8, 4) is 5.75 Å². The standard InChI is InChI=1S/C14H19FO/c1-3-4-5-6-7-10-16-14-9-8-13(15)11-12(14)2/h3,8-9,11H,1,4-7,10H2,2H3. The molecule has 16 heavy (non-hydrogen) atoms. The van der Waals surface area contributed by atoms with Crippen molar-refractivity contribution < 1.29 is 9.13 Å². The molecule has 0 fully saturated rings. The van der Waals surface area contributed by atoms with Crippen LogP contribution in [0, 0.1) is 12.7 Å². The molecule has 1 aromatic rings. The zero-order valence-electron chi connectivity index (χ0n) is 9.84. The Kier molecular flexibility index (Phi) is 5.62. The fraction of sp³-hybridized carbons (Fsp3) is 0.429. The van der Waals surface area contributed by atoms with E-state index in [9.17, 15) is 4.39 Å². The molecule has 2 heteroatoms. The molecule has 0 radical (unpaired) electrons. The summed E-state index contributed by atoms with van der Waals surface area (Å²) in [5, 5.41) is 0. The molecular formula is C14H19FO. The third kappa shape index (κ3) is 4.47. The topological polar surface area (TPSA) is 9.23 Å². The van der Waals surface area contributed by atoms with Crippen LogP contribution in [0.2, 0.25) is 0 Å². The number of allylic oxidation sites excluding steroid dienone is 1. The average molecular weight is 222 g/mol. The van der Waals surface area contributed by atoms with Crippen LogP contribution in [0.5, 0.6) is 5.75 Å². The Morgan fingerprint density at radius 3 is 2.81 bits per heavy atom. The van der Waals surface area contributed by atoms with Gasteiger partial charge < -0.3 is 4.74 Å². The van der Waals surface area contributed by atoms with Crippen LogP contribution in [0.15, 0.2) is 30.9 Å². The fourth-order valence-electron chi connectivity index (χ4n) is 1.52. The molecule has 0 aromatic heterocycles. The highest BCUT2D eigenvalue weighted by atomic mass is 19.1. The van der Waals surface area contributed by atoms with Gasteiger partial charge in [-0.3, -0.25) is 0 Å². The van der Waals surface area contributed by atoms with Crippen molar-refractivity contribution in [2.24, 2.45) is 0 Å². The first-order chi connectivity index (χ1) is 7.74. The lowest BCUT2D eigenvalue weighted by Gasteiger charge is -2.08. The maximum absolute atomic E-state index is 12.8. The summed E-state index contributed by atoms with van der Waals surface area (Å²) in [5.74, 6) is 0.570. The molecule has 0 N–H and O–H groups in total. The van der Waals surface area contributed by atoms with Gasteiger partial charge in [0.15, 0.2) is 0 Å². The summed E-state index contributed by atoms with van der Waals surface area (Å²) in [6, 6.07) is 4.61. The molecule has 0 spiro atoms. The van der Waals surface area contributed by atoms with Gasteiger partial charge in [0, 0.05) is 0 Å². The number of rotatable bonds is 7. The Labute approximate surface area is 96.9 Å². The number of hydrogen-bond donors (Lipinski definition) is 0. The molecule has 88 valence electrons. The highest BCUT2D eigenvalue weighted by molar-refractivity contribution is 5.32. The SMILES string of the molecule is C=CCCCCCOc1ccc(F)cc1C. The molecule has 0 unspecified atom stereocenters. The van der Waals surface area contributed by atoms with Gasteiger partial charge in [0.2, 0.25) is 0 Å². The van der Waals surface area contributed by atoms with Gasteiger partial charge in [0.25, 0.3) is 0 Å². The molecule has 0 aliphatic rings. The van der Waals surface area contributed by atoms with Crippen molar-refractivity contribution >= 4 is 0 Å². The van der Waals surface area contributed by atoms with Gasteiger partial charge in [-0.25, -0.2) is 4.39 Å². The maximum Gasteiger partial charge on any atom is 0.123 e. The van der Waals surface area contributed by atoms with E-state index in [-0.39, 0.29) is 5.82 Å². The van der Waals surface area contributed by atoms with E-state index in [1.54, 1.807) is 6.07 Å². The molecule has 0 aliphatic carbocycles. The number of aryl methyl sites for hydroxylation is 1. The zero-order valence-corrected chi connectivity index (χ0v) is 9.84. The Morgan fingerprint density at radius 1 is 1.31 bits per heavy atom. The molecule has 0 saturated heterocycles. The third-order valence-corrected chi connectivity index (χ3v) is 2.45. The van der Waals surface area contributed by atoms with Crippen LogP contribution in [-0.4, -0.2) is 6.61 Å². The Bertz CT molecular complexity index is 334. The van der Waals surface area contributed by atoms with E-state index in [1.165, 1.54) is 12.1 Å². The first-order valence-corrected chi connectivity index (χ1v) is 5.74. The maximum atomic E-state index is 12.8. The van der Waals surface area contributed by atoms with E-state index in [4.69, 9.17) is 4.74 Å². The molecule has 1 nitrogen and oxygen atoms in total. The average Bonchev–Trinajstić information content (AvgIpc) is 2.26. The summed E-state index contributed by atoms with van der Waals surface area (Å²) in [6.45, 7) is 6.23. The minimum absolute atomic E-state index is 0.212. The van der Waals surface area contributed by atoms with Crippen molar-refractivity contribution in [3.05, 3.63) is 42.2 Å². The lowest BCUT2D eigenvalue weighted by molar-refractivity contribution is 0.303. The quantitative estimate of drug-likeness (QED) is 0.495. The number of benzene rings is 1. The van der Waals surface area contributed by atoms with Crippen molar-refractivity contribution in [3.63, 3.8) is 0 Å². The first-order valence-electron chi connectivity index (χ1n) is 5.74. The van der Waals surface area contributed by atoms with Gasteiger partial charge in [-0.15, -0.1) is 6.58 Å². The molecule has 1 rings (SSSR count). The smallest absolute Gasteiger partial charge is 0.123 e. The van der Waals surface area contributed by atoms with Crippen LogP contribution in [0.25, 0.3) is 0 Å². The Balaban J connectivity index is 2.24. The summed E-state index contributed by atoms with van der Waals surface area (Å²) in [6.07, 6.45) is 6.34. The molecule has 0 atom stereocenters. The second kappa shape index (κ2) is 7.04. The van der Waals surface area contributed by atoms with Crippen LogP contribution in [-0.2, 0) is 0 Å². The van der Waals surface area contributed by atoms with Crippen LogP contribution in [0.4, 0.5) is 4.39 Å². The molecule has 1 aromatic carbocycles. The highest BCUT2D eigenvalue weighted by Crippen LogP contribution is 2.18. The zero-order chi connectivity index (χ0) is 11.8. The van der Waals surface area contributed by atoms with Gasteiger partial charge in [0.1, 0.15) is 11.6 Å². The van der Waals surface area contributed by atoms with Gasteiger partial charge >= 0.3 is 0 Å². The summed E-state index contributed by atoms with van der Waals surface area (Å²) < 4.78 is 18.4. The lowest BCUT2D eigenvalue weighted by Crippen LogP contribution is -1.99. The van der Waals surface area contributed by atoms with E-state index in [2.05, 4.69) is 6.58 Å². The highest BCUT2D eigenvalue weighted by Gasteiger charge is 2.00. The van der Waals surface area contributed by atoms with E-state index < -0.39 is 0 Å². The summed E-state index contributed by atoms with van der Waals surface area (Å²) in [5.41, 5.74) is 0.853. The molecular weight excluding hydrogens is 203 g/mol. The summed E-state index contributed by atoms with van der Waals surface area (Å²) >= 11 is 0. The number of ether oxygens (including phenoxy) is 1. The first kappa shape index (κ1) is 12.8. The van der Waals surface area contributed by atoms with Crippen molar-refractivity contribution in [1.82, 2.24) is 0 Å². The number of unbranched alkanes of at least 4 members (excludes halogenated alkanes) is 3. The van der Waals surface area contributed by atoms with E-state index in [0.717, 1.165) is 37.0 Å². The van der Waals surface area contributed by atoms with Crippen LogP contribution >= 0.6 is 0 Å². The van der Waals surface area contributed by atoms with Crippen molar-refractivity contribution in [1.29, 1.82) is 0 Å². The summed E-state index contributed by atoms with van der Waals surface area (Å²) in [7, 11) is 0. The van der Waals surface area contributed by atoms with Crippen LogP contribution in [0.1, 0.15) is 31.2 Å². The van der Waals surface area contributed by atoms with E-state index >= 15 is 0 Å². The van der Waals surface area contributed by atoms with Gasteiger partial charge in [0.05, 0.1) is 6.61 Å². The van der Waals surface area contributed by atoms with Crippen LogP contribution < -0.4 is 4.74 Å². The molecule has 0 aliphatic heterocycles. The Hall–Kier alpha value is -1.31. The van der Waals surface area contributed by atoms with Gasteiger partial charge in [-0.05, 0) is 56.4 Å². The van der Waals surface area contributed by atoms with Gasteiger partial charge in [-0.2, -0.15) is 0 Å². The Morgan fingerprint density at radius 2 is 2.12 bits per heavy atom. The molecule has 0 saturated carbocycles.